The Kier molecular flexibility index (Phi) is 4.14. The van der Waals surface area contributed by atoms with E-state index in [1.807, 2.05) is 42.2 Å². The Labute approximate surface area is 146 Å². The second-order valence-electron chi connectivity index (χ2n) is 6.49. The molecule has 0 unspecified atom stereocenters. The molecule has 0 saturated carbocycles. The van der Waals surface area contributed by atoms with Crippen LogP contribution in [0.2, 0.25) is 0 Å². The molecule has 0 N–H and O–H groups in total. The van der Waals surface area contributed by atoms with E-state index >= 15 is 0 Å². The maximum absolute atomic E-state index is 12.7. The molecule has 0 radical (unpaired) electrons. The monoisotopic (exact) mass is 335 g/mol. The topological polar surface area (TPSA) is 49.6 Å². The van der Waals surface area contributed by atoms with Gasteiger partial charge in [-0.25, -0.2) is 4.98 Å². The van der Waals surface area contributed by atoms with E-state index in [0.717, 1.165) is 54.1 Å². The molecule has 4 rings (SSSR count). The number of furan rings is 1. The number of benzene rings is 1. The molecule has 5 heteroatoms. The molecule has 1 aliphatic rings. The van der Waals surface area contributed by atoms with E-state index in [2.05, 4.69) is 16.0 Å². The summed E-state index contributed by atoms with van der Waals surface area (Å²) in [7, 11) is 0. The molecule has 3 aromatic rings. The van der Waals surface area contributed by atoms with Crippen LogP contribution in [0.25, 0.3) is 11.0 Å². The highest BCUT2D eigenvalue weighted by atomic mass is 16.3. The van der Waals surface area contributed by atoms with Crippen molar-refractivity contribution in [3.8, 4) is 0 Å². The molecule has 3 heterocycles. The molecule has 1 aliphatic heterocycles. The van der Waals surface area contributed by atoms with Gasteiger partial charge in [0.2, 0.25) is 5.91 Å². The Balaban J connectivity index is 1.40. The zero-order chi connectivity index (χ0) is 17.2. The van der Waals surface area contributed by atoms with Crippen LogP contribution in [0, 0.1) is 6.92 Å². The van der Waals surface area contributed by atoms with Crippen molar-refractivity contribution < 1.29 is 9.21 Å². The minimum absolute atomic E-state index is 0.156. The fourth-order valence-electron chi connectivity index (χ4n) is 3.33. The Hall–Kier alpha value is -2.82. The van der Waals surface area contributed by atoms with Gasteiger partial charge in [-0.05, 0) is 30.7 Å². The highest BCUT2D eigenvalue weighted by Crippen LogP contribution is 2.23. The number of amides is 1. The van der Waals surface area contributed by atoms with Crippen LogP contribution in [0.3, 0.4) is 0 Å². The van der Waals surface area contributed by atoms with Crippen LogP contribution in [0.5, 0.6) is 0 Å². The number of aromatic nitrogens is 1. The summed E-state index contributed by atoms with van der Waals surface area (Å²) in [6.45, 7) is 5.12. The van der Waals surface area contributed by atoms with Gasteiger partial charge in [0.15, 0.2) is 0 Å². The summed E-state index contributed by atoms with van der Waals surface area (Å²) in [6.07, 6.45) is 3.91. The molecule has 1 saturated heterocycles. The molecule has 0 atom stereocenters. The van der Waals surface area contributed by atoms with Crippen LogP contribution in [0.1, 0.15) is 11.1 Å². The summed E-state index contributed by atoms with van der Waals surface area (Å²) in [6, 6.07) is 12.0. The minimum atomic E-state index is 0.156. The molecule has 0 bridgehead atoms. The molecular formula is C20H21N3O2. The van der Waals surface area contributed by atoms with E-state index in [1.54, 1.807) is 12.5 Å². The third-order valence-electron chi connectivity index (χ3n) is 4.76. The highest BCUT2D eigenvalue weighted by Gasteiger charge is 2.22. The maximum atomic E-state index is 12.7. The van der Waals surface area contributed by atoms with E-state index in [9.17, 15) is 4.79 Å². The summed E-state index contributed by atoms with van der Waals surface area (Å²) in [5.74, 6) is 1.13. The van der Waals surface area contributed by atoms with Gasteiger partial charge in [-0.1, -0.05) is 18.2 Å². The number of rotatable bonds is 3. The van der Waals surface area contributed by atoms with Crippen molar-refractivity contribution in [3.63, 3.8) is 0 Å². The van der Waals surface area contributed by atoms with Crippen LogP contribution >= 0.6 is 0 Å². The second-order valence-corrected chi connectivity index (χ2v) is 6.49. The number of anilines is 1. The van der Waals surface area contributed by atoms with Crippen LogP contribution in [0.15, 0.2) is 53.3 Å². The van der Waals surface area contributed by atoms with Crippen molar-refractivity contribution >= 4 is 22.7 Å². The number of hydrogen-bond donors (Lipinski definition) is 0. The number of pyridine rings is 1. The number of aryl methyl sites for hydroxylation is 1. The van der Waals surface area contributed by atoms with Gasteiger partial charge in [-0.15, -0.1) is 0 Å². The summed E-state index contributed by atoms with van der Waals surface area (Å²) >= 11 is 0. The van der Waals surface area contributed by atoms with Crippen molar-refractivity contribution in [1.82, 2.24) is 9.88 Å². The lowest BCUT2D eigenvalue weighted by atomic mass is 10.1. The van der Waals surface area contributed by atoms with Gasteiger partial charge < -0.3 is 14.2 Å². The average molecular weight is 335 g/mol. The Bertz CT molecular complexity index is 880. The standard InChI is InChI=1S/C20H21N3O2/c1-15-5-6-17-16(14-25-18(17)12-15)13-20(24)23-10-8-22(9-11-23)19-4-2-3-7-21-19/h2-7,12,14H,8-11,13H2,1H3. The maximum Gasteiger partial charge on any atom is 0.227 e. The number of piperazine rings is 1. The zero-order valence-corrected chi connectivity index (χ0v) is 14.3. The van der Waals surface area contributed by atoms with Crippen LogP contribution in [-0.4, -0.2) is 42.0 Å². The third kappa shape index (κ3) is 3.22. The van der Waals surface area contributed by atoms with Crippen molar-refractivity contribution in [2.24, 2.45) is 0 Å². The second kappa shape index (κ2) is 6.59. The van der Waals surface area contributed by atoms with E-state index in [-0.39, 0.29) is 5.91 Å². The largest absolute Gasteiger partial charge is 0.464 e. The Morgan fingerprint density at radius 2 is 2.00 bits per heavy atom. The lowest BCUT2D eigenvalue weighted by Crippen LogP contribution is -2.49. The van der Waals surface area contributed by atoms with Gasteiger partial charge >= 0.3 is 0 Å². The van der Waals surface area contributed by atoms with E-state index < -0.39 is 0 Å². The van der Waals surface area contributed by atoms with Crippen LogP contribution < -0.4 is 4.90 Å². The molecule has 0 spiro atoms. The van der Waals surface area contributed by atoms with E-state index in [4.69, 9.17) is 4.42 Å². The van der Waals surface area contributed by atoms with Crippen LogP contribution in [-0.2, 0) is 11.2 Å². The van der Waals surface area contributed by atoms with Gasteiger partial charge in [-0.3, -0.25) is 4.79 Å². The van der Waals surface area contributed by atoms with Gasteiger partial charge in [0.05, 0.1) is 12.7 Å². The molecule has 2 aromatic heterocycles. The zero-order valence-electron chi connectivity index (χ0n) is 14.3. The third-order valence-corrected chi connectivity index (χ3v) is 4.76. The van der Waals surface area contributed by atoms with Gasteiger partial charge in [0, 0.05) is 43.3 Å². The molecule has 1 fully saturated rings. The van der Waals surface area contributed by atoms with E-state index in [0.29, 0.717) is 6.42 Å². The van der Waals surface area contributed by atoms with Crippen LogP contribution in [0.4, 0.5) is 5.82 Å². The Morgan fingerprint density at radius 1 is 1.16 bits per heavy atom. The predicted octanol–water partition coefficient (Wildman–Crippen LogP) is 3.03. The van der Waals surface area contributed by atoms with Gasteiger partial charge in [-0.2, -0.15) is 0 Å². The molecule has 25 heavy (non-hydrogen) atoms. The van der Waals surface area contributed by atoms with Gasteiger partial charge in [0.1, 0.15) is 11.4 Å². The SMILES string of the molecule is Cc1ccc2c(CC(=O)N3CCN(c4ccccn4)CC3)coc2c1. The summed E-state index contributed by atoms with van der Waals surface area (Å²) in [4.78, 5) is 21.2. The lowest BCUT2D eigenvalue weighted by molar-refractivity contribution is -0.130. The fourth-order valence-corrected chi connectivity index (χ4v) is 3.33. The number of carbonyl (C=O) groups is 1. The Morgan fingerprint density at radius 3 is 2.76 bits per heavy atom. The molecular weight excluding hydrogens is 314 g/mol. The first-order valence-electron chi connectivity index (χ1n) is 8.61. The quantitative estimate of drug-likeness (QED) is 0.738. The van der Waals surface area contributed by atoms with Crippen molar-refractivity contribution in [2.45, 2.75) is 13.3 Å². The first-order chi connectivity index (χ1) is 12.2. The highest BCUT2D eigenvalue weighted by molar-refractivity contribution is 5.88. The minimum Gasteiger partial charge on any atom is -0.464 e. The first-order valence-corrected chi connectivity index (χ1v) is 8.61. The number of carbonyl (C=O) groups excluding carboxylic acids is 1. The van der Waals surface area contributed by atoms with Gasteiger partial charge in [0.25, 0.3) is 0 Å². The fraction of sp³-hybridized carbons (Fsp3) is 0.300. The molecule has 5 nitrogen and oxygen atoms in total. The van der Waals surface area contributed by atoms with Crippen molar-refractivity contribution in [1.29, 1.82) is 0 Å². The normalized spacial score (nSPS) is 14.9. The van der Waals surface area contributed by atoms with Crippen molar-refractivity contribution in [3.05, 3.63) is 60.0 Å². The lowest BCUT2D eigenvalue weighted by Gasteiger charge is -2.35. The number of fused-ring (bicyclic) bond motifs is 1. The summed E-state index contributed by atoms with van der Waals surface area (Å²) in [5.41, 5.74) is 2.97. The molecule has 1 amide bonds. The predicted molar refractivity (Wildman–Crippen MR) is 97.7 cm³/mol. The smallest absolute Gasteiger partial charge is 0.227 e. The van der Waals surface area contributed by atoms with E-state index in [1.165, 1.54) is 0 Å². The summed E-state index contributed by atoms with van der Waals surface area (Å²) < 4.78 is 5.61. The first kappa shape index (κ1) is 15.7. The average Bonchev–Trinajstić information content (AvgIpc) is 3.04. The molecule has 0 aliphatic carbocycles. The summed E-state index contributed by atoms with van der Waals surface area (Å²) in [5, 5.41) is 1.03. The number of nitrogens with zero attached hydrogens (tertiary/aromatic N) is 3. The molecule has 1 aromatic carbocycles. The molecule has 128 valence electrons. The van der Waals surface area contributed by atoms with Crippen molar-refractivity contribution in [2.75, 3.05) is 31.1 Å². The number of hydrogen-bond acceptors (Lipinski definition) is 4.